The zero-order valence-electron chi connectivity index (χ0n) is 19.1. The highest BCUT2D eigenvalue weighted by Gasteiger charge is 2.28. The molecule has 0 spiro atoms. The molecule has 0 bridgehead atoms. The van der Waals surface area contributed by atoms with Crippen LogP contribution in [0.3, 0.4) is 0 Å². The van der Waals surface area contributed by atoms with Crippen molar-refractivity contribution in [3.63, 3.8) is 0 Å². The summed E-state index contributed by atoms with van der Waals surface area (Å²) in [6.07, 6.45) is 4.44. The minimum Gasteiger partial charge on any atom is -0.495 e. The van der Waals surface area contributed by atoms with Crippen molar-refractivity contribution in [3.05, 3.63) is 54.4 Å². The molecule has 0 radical (unpaired) electrons. The first-order valence-corrected chi connectivity index (χ1v) is 12.4. The number of aromatic nitrogens is 2. The van der Waals surface area contributed by atoms with Gasteiger partial charge in [-0.1, -0.05) is 13.8 Å². The quantitative estimate of drug-likeness (QED) is 0.416. The number of aliphatic imine (C=N–C) groups is 1. The number of rotatable bonds is 7. The fourth-order valence-electron chi connectivity index (χ4n) is 3.69. The molecule has 0 amide bonds. The number of H-pyrrole nitrogens is 1. The molecule has 0 saturated heterocycles. The number of aryl methyl sites for hydroxylation is 1. The lowest BCUT2D eigenvalue weighted by Crippen LogP contribution is -2.42. The van der Waals surface area contributed by atoms with Gasteiger partial charge in [-0.25, -0.2) is 13.4 Å². The van der Waals surface area contributed by atoms with Crippen molar-refractivity contribution in [1.29, 1.82) is 0 Å². The summed E-state index contributed by atoms with van der Waals surface area (Å²) in [5.41, 5.74) is 2.59. The van der Waals surface area contributed by atoms with Gasteiger partial charge in [0, 0.05) is 23.0 Å². The maximum absolute atomic E-state index is 12.3. The Morgan fingerprint density at radius 2 is 1.97 bits per heavy atom. The second-order valence-electron chi connectivity index (χ2n) is 7.81. The molecule has 9 nitrogen and oxygen atoms in total. The fraction of sp³-hybridized carbons (Fsp3) is 0.304. The molecule has 33 heavy (non-hydrogen) atoms. The highest BCUT2D eigenvalue weighted by Crippen LogP contribution is 2.30. The summed E-state index contributed by atoms with van der Waals surface area (Å²) < 4.78 is 30.1. The van der Waals surface area contributed by atoms with Crippen LogP contribution in [-0.4, -0.2) is 43.1 Å². The number of hydrogen-bond donors (Lipinski definition) is 4. The molecule has 1 atom stereocenters. The Labute approximate surface area is 193 Å². The number of anilines is 2. The maximum Gasteiger partial charge on any atom is 0.202 e. The second-order valence-corrected chi connectivity index (χ2v) is 10.1. The van der Waals surface area contributed by atoms with Crippen molar-refractivity contribution in [1.82, 2.24) is 15.5 Å². The molecule has 3 aromatic rings. The molecule has 1 aliphatic heterocycles. The molecule has 4 rings (SSSR count). The van der Waals surface area contributed by atoms with Crippen molar-refractivity contribution < 1.29 is 13.2 Å². The average Bonchev–Trinajstić information content (AvgIpc) is 3.19. The van der Waals surface area contributed by atoms with Gasteiger partial charge < -0.3 is 20.7 Å². The highest BCUT2D eigenvalue weighted by atomic mass is 32.2. The van der Waals surface area contributed by atoms with Gasteiger partial charge in [-0.05, 0) is 55.8 Å². The molecule has 0 fully saturated rings. The van der Waals surface area contributed by atoms with E-state index in [9.17, 15) is 8.42 Å². The van der Waals surface area contributed by atoms with Crippen LogP contribution in [0.25, 0.3) is 10.9 Å². The van der Waals surface area contributed by atoms with Gasteiger partial charge in [0.2, 0.25) is 5.96 Å². The van der Waals surface area contributed by atoms with E-state index in [-0.39, 0.29) is 10.6 Å². The van der Waals surface area contributed by atoms with Gasteiger partial charge in [0.05, 0.1) is 29.0 Å². The first-order valence-electron chi connectivity index (χ1n) is 10.7. The fourth-order valence-corrected chi connectivity index (χ4v) is 4.60. The van der Waals surface area contributed by atoms with Gasteiger partial charge in [-0.2, -0.15) is 5.10 Å². The van der Waals surface area contributed by atoms with Gasteiger partial charge in [-0.3, -0.25) is 5.10 Å². The summed E-state index contributed by atoms with van der Waals surface area (Å²) in [6.45, 7) is 5.64. The lowest BCUT2D eigenvalue weighted by atomic mass is 10.1. The SMILES string of the molecule is CCC1(Nc2ccc3c(C)[nH]nc3c2)C=CNC(Nc2cc(S(=O)(=O)CC)ccc2OC)=N1. The third-order valence-corrected chi connectivity index (χ3v) is 7.43. The Hall–Kier alpha value is -3.53. The van der Waals surface area contributed by atoms with Crippen LogP contribution in [0, 0.1) is 6.92 Å². The van der Waals surface area contributed by atoms with E-state index in [1.807, 2.05) is 44.3 Å². The molecule has 174 valence electrons. The van der Waals surface area contributed by atoms with Crippen LogP contribution in [0.2, 0.25) is 0 Å². The van der Waals surface area contributed by atoms with Crippen molar-refractivity contribution in [3.8, 4) is 5.75 Å². The largest absolute Gasteiger partial charge is 0.495 e. The number of fused-ring (bicyclic) bond motifs is 1. The molecule has 1 aliphatic rings. The van der Waals surface area contributed by atoms with Crippen LogP contribution in [0.4, 0.5) is 11.4 Å². The van der Waals surface area contributed by atoms with Gasteiger partial charge in [0.15, 0.2) is 15.5 Å². The van der Waals surface area contributed by atoms with E-state index < -0.39 is 15.5 Å². The molecule has 2 aromatic carbocycles. The molecule has 10 heteroatoms. The number of aromatic amines is 1. The predicted octanol–water partition coefficient (Wildman–Crippen LogP) is 3.78. The van der Waals surface area contributed by atoms with Crippen molar-refractivity contribution in [2.45, 2.75) is 37.8 Å². The molecule has 0 aliphatic carbocycles. The summed E-state index contributed by atoms with van der Waals surface area (Å²) in [4.78, 5) is 5.08. The van der Waals surface area contributed by atoms with Crippen LogP contribution in [0.5, 0.6) is 5.75 Å². The van der Waals surface area contributed by atoms with E-state index in [1.54, 1.807) is 25.1 Å². The smallest absolute Gasteiger partial charge is 0.202 e. The number of guanidine groups is 1. The third-order valence-electron chi connectivity index (χ3n) is 5.70. The van der Waals surface area contributed by atoms with E-state index in [1.165, 1.54) is 7.11 Å². The number of hydrogen-bond acceptors (Lipinski definition) is 8. The predicted molar refractivity (Wildman–Crippen MR) is 132 cm³/mol. The van der Waals surface area contributed by atoms with E-state index in [2.05, 4.69) is 26.1 Å². The lowest BCUT2D eigenvalue weighted by Gasteiger charge is -2.31. The summed E-state index contributed by atoms with van der Waals surface area (Å²) in [7, 11) is -1.82. The number of sulfone groups is 1. The topological polar surface area (TPSA) is 120 Å². The molecular weight excluding hydrogens is 440 g/mol. The minimum absolute atomic E-state index is 0.0173. The van der Waals surface area contributed by atoms with Crippen LogP contribution >= 0.6 is 0 Å². The number of nitrogens with zero attached hydrogens (tertiary/aromatic N) is 2. The van der Waals surface area contributed by atoms with Crippen LogP contribution < -0.4 is 20.7 Å². The minimum atomic E-state index is -3.36. The molecule has 0 saturated carbocycles. The summed E-state index contributed by atoms with van der Waals surface area (Å²) in [6, 6.07) is 10.8. The standard InChI is InChI=1S/C23H28N6O3S/c1-5-23(26-16-7-9-18-15(3)28-29-19(18)13-16)11-12-24-22(27-23)25-20-14-17(33(30,31)6-2)8-10-21(20)32-4/h7-14,26H,5-6H2,1-4H3,(H,28,29)(H2,24,25,27). The molecular formula is C23H28N6O3S. The molecule has 2 heterocycles. The average molecular weight is 469 g/mol. The first-order chi connectivity index (χ1) is 15.8. The third kappa shape index (κ3) is 4.51. The Morgan fingerprint density at radius 1 is 1.15 bits per heavy atom. The van der Waals surface area contributed by atoms with Crippen molar-refractivity contribution in [2.75, 3.05) is 23.5 Å². The van der Waals surface area contributed by atoms with Gasteiger partial charge >= 0.3 is 0 Å². The molecule has 1 aromatic heterocycles. The van der Waals surface area contributed by atoms with Crippen LogP contribution in [-0.2, 0) is 9.84 Å². The van der Waals surface area contributed by atoms with Crippen LogP contribution in [0.1, 0.15) is 26.0 Å². The summed E-state index contributed by atoms with van der Waals surface area (Å²) in [5, 5.41) is 18.2. The van der Waals surface area contributed by atoms with Crippen LogP contribution in [0.15, 0.2) is 58.6 Å². The van der Waals surface area contributed by atoms with Gasteiger partial charge in [0.1, 0.15) is 5.75 Å². The normalized spacial score (nSPS) is 18.0. The summed E-state index contributed by atoms with van der Waals surface area (Å²) in [5.74, 6) is 0.995. The Morgan fingerprint density at radius 3 is 2.70 bits per heavy atom. The van der Waals surface area contributed by atoms with E-state index >= 15 is 0 Å². The maximum atomic E-state index is 12.3. The Kier molecular flexibility index (Phi) is 6.03. The summed E-state index contributed by atoms with van der Waals surface area (Å²) >= 11 is 0. The van der Waals surface area contributed by atoms with E-state index in [0.29, 0.717) is 23.8 Å². The number of nitrogens with one attached hydrogen (secondary N) is 4. The highest BCUT2D eigenvalue weighted by molar-refractivity contribution is 7.91. The monoisotopic (exact) mass is 468 g/mol. The van der Waals surface area contributed by atoms with Crippen molar-refractivity contribution >= 4 is 38.1 Å². The Bertz CT molecular complexity index is 1350. The number of ether oxygens (including phenoxy) is 1. The van der Waals surface area contributed by atoms with Crippen molar-refractivity contribution in [2.24, 2.45) is 4.99 Å². The number of benzene rings is 2. The van der Waals surface area contributed by atoms with E-state index in [4.69, 9.17) is 9.73 Å². The lowest BCUT2D eigenvalue weighted by molar-refractivity contribution is 0.416. The zero-order chi connectivity index (χ0) is 23.6. The molecule has 1 unspecified atom stereocenters. The van der Waals surface area contributed by atoms with E-state index in [0.717, 1.165) is 22.3 Å². The zero-order valence-corrected chi connectivity index (χ0v) is 19.9. The molecule has 4 N–H and O–H groups in total. The first kappa shape index (κ1) is 22.7. The van der Waals surface area contributed by atoms with Gasteiger partial charge in [-0.15, -0.1) is 0 Å². The second kappa shape index (κ2) is 8.78. The van der Waals surface area contributed by atoms with Gasteiger partial charge in [0.25, 0.3) is 0 Å². The Balaban J connectivity index is 1.64. The number of methoxy groups -OCH3 is 1.